The summed E-state index contributed by atoms with van der Waals surface area (Å²) in [6, 6.07) is 15.8. The molecule has 2 amide bonds. The Morgan fingerprint density at radius 2 is 1.67 bits per heavy atom. The number of carbonyl (C=O) groups excluding carboxylic acids is 2. The van der Waals surface area contributed by atoms with E-state index in [1.807, 2.05) is 25.1 Å². The molecule has 6 nitrogen and oxygen atoms in total. The highest BCUT2D eigenvalue weighted by molar-refractivity contribution is 5.90. The topological polar surface area (TPSA) is 79.5 Å². The molecule has 43 heavy (non-hydrogen) atoms. The second-order valence-corrected chi connectivity index (χ2v) is 13.0. The van der Waals surface area contributed by atoms with E-state index in [1.54, 1.807) is 0 Å². The van der Waals surface area contributed by atoms with E-state index in [1.165, 1.54) is 22.4 Å². The third-order valence-electron chi connectivity index (χ3n) is 7.94. The summed E-state index contributed by atoms with van der Waals surface area (Å²) in [6.07, 6.45) is 6.12. The van der Waals surface area contributed by atoms with Crippen molar-refractivity contribution in [1.29, 1.82) is 0 Å². The van der Waals surface area contributed by atoms with E-state index in [4.69, 9.17) is 4.74 Å². The molecule has 1 aliphatic carbocycles. The lowest BCUT2D eigenvalue weighted by atomic mass is 9.94. The van der Waals surface area contributed by atoms with Gasteiger partial charge in [-0.25, -0.2) is 0 Å². The van der Waals surface area contributed by atoms with Crippen molar-refractivity contribution in [3.8, 4) is 5.75 Å². The Bertz CT molecular complexity index is 1210. The molecule has 3 atom stereocenters. The highest BCUT2D eigenvalue weighted by Crippen LogP contribution is 2.35. The molecule has 0 spiro atoms. The van der Waals surface area contributed by atoms with E-state index in [0.717, 1.165) is 49.8 Å². The van der Waals surface area contributed by atoms with Gasteiger partial charge in [-0.3, -0.25) is 9.59 Å². The number of hydrogen-bond donors (Lipinski definition) is 3. The molecule has 0 saturated heterocycles. The van der Waals surface area contributed by atoms with Crippen LogP contribution in [-0.2, 0) is 22.4 Å². The minimum atomic E-state index is -0.552. The molecule has 1 fully saturated rings. The van der Waals surface area contributed by atoms with Crippen molar-refractivity contribution in [2.24, 2.45) is 17.8 Å². The van der Waals surface area contributed by atoms with Crippen molar-refractivity contribution < 1.29 is 14.3 Å². The standard InChI is InChI=1S/C37H55N3O3/c1-8-13-32(36(41)38-21-12-17-30-16-9-10-18-33(30)43-24-25(2)3)39-37(42)34(26(4)5)40-35(31-19-20-31)28(7)23-29-15-11-14-27(6)22-29/h9-11,14-16,18,22,25-26,28,32,34,40H,8,12-13,17,19-21,23-24H2,1-7H3,(H,38,41)(H,39,42)/t28-,32+,34-/m1/s1. The number of amides is 2. The fourth-order valence-corrected chi connectivity index (χ4v) is 5.46. The third kappa shape index (κ3) is 11.4. The van der Waals surface area contributed by atoms with Gasteiger partial charge in [-0.15, -0.1) is 0 Å². The van der Waals surface area contributed by atoms with Crippen LogP contribution in [0.1, 0.15) is 90.3 Å². The molecule has 0 aromatic heterocycles. The predicted molar refractivity (Wildman–Crippen MR) is 177 cm³/mol. The second-order valence-electron chi connectivity index (χ2n) is 13.0. The SMILES string of the molecule is CCC[C@H](NC(=O)[C@H](NC(=C1CC1)[C@H](C)Cc1cccc(C)c1)C(C)C)C(=O)NCCCc1ccccc1OCC(C)C. The average Bonchev–Trinajstić information content (AvgIpc) is 3.79. The van der Waals surface area contributed by atoms with Crippen molar-refractivity contribution >= 4 is 11.8 Å². The van der Waals surface area contributed by atoms with E-state index >= 15 is 0 Å². The van der Waals surface area contributed by atoms with Crippen molar-refractivity contribution in [3.63, 3.8) is 0 Å². The Hall–Kier alpha value is -3.28. The number of allylic oxidation sites excluding steroid dienone is 2. The van der Waals surface area contributed by atoms with Gasteiger partial charge in [0.15, 0.2) is 0 Å². The lowest BCUT2D eigenvalue weighted by molar-refractivity contribution is -0.130. The second kappa shape index (κ2) is 17.1. The van der Waals surface area contributed by atoms with Crippen LogP contribution in [0.25, 0.3) is 0 Å². The maximum atomic E-state index is 13.7. The minimum absolute atomic E-state index is 0.0730. The zero-order chi connectivity index (χ0) is 31.4. The Morgan fingerprint density at radius 1 is 0.930 bits per heavy atom. The minimum Gasteiger partial charge on any atom is -0.493 e. The predicted octanol–water partition coefficient (Wildman–Crippen LogP) is 6.90. The number of benzene rings is 2. The van der Waals surface area contributed by atoms with Crippen LogP contribution in [0, 0.1) is 24.7 Å². The van der Waals surface area contributed by atoms with Crippen molar-refractivity contribution in [2.75, 3.05) is 13.2 Å². The van der Waals surface area contributed by atoms with Gasteiger partial charge in [-0.1, -0.05) is 102 Å². The molecule has 2 aromatic rings. The van der Waals surface area contributed by atoms with Crippen molar-refractivity contribution in [3.05, 3.63) is 76.5 Å². The largest absolute Gasteiger partial charge is 0.493 e. The van der Waals surface area contributed by atoms with Gasteiger partial charge in [-0.2, -0.15) is 0 Å². The fourth-order valence-electron chi connectivity index (χ4n) is 5.46. The van der Waals surface area contributed by atoms with Gasteiger partial charge in [0.05, 0.1) is 6.61 Å². The van der Waals surface area contributed by atoms with Crippen LogP contribution in [0.4, 0.5) is 0 Å². The molecule has 2 aromatic carbocycles. The number of hydrogen-bond acceptors (Lipinski definition) is 4. The molecule has 0 bridgehead atoms. The van der Waals surface area contributed by atoms with Gasteiger partial charge in [0.25, 0.3) is 0 Å². The molecule has 3 rings (SSSR count). The molecule has 1 aliphatic rings. The maximum Gasteiger partial charge on any atom is 0.243 e. The third-order valence-corrected chi connectivity index (χ3v) is 7.94. The van der Waals surface area contributed by atoms with E-state index in [-0.39, 0.29) is 23.7 Å². The number of ether oxygens (including phenoxy) is 1. The Labute approximate surface area is 260 Å². The molecule has 0 radical (unpaired) electrons. The number of carbonyl (C=O) groups is 2. The van der Waals surface area contributed by atoms with Crippen molar-refractivity contribution in [1.82, 2.24) is 16.0 Å². The summed E-state index contributed by atoms with van der Waals surface area (Å²) >= 11 is 0. The fraction of sp³-hybridized carbons (Fsp3) is 0.568. The molecule has 0 unspecified atom stereocenters. The van der Waals surface area contributed by atoms with Gasteiger partial charge in [-0.05, 0) is 80.4 Å². The smallest absolute Gasteiger partial charge is 0.243 e. The van der Waals surface area contributed by atoms with Crippen LogP contribution in [0.15, 0.2) is 59.8 Å². The molecular formula is C37H55N3O3. The molecule has 6 heteroatoms. The molecule has 3 N–H and O–H groups in total. The summed E-state index contributed by atoms with van der Waals surface area (Å²) in [5.74, 6) is 1.51. The number of rotatable bonds is 18. The molecule has 1 saturated carbocycles. The van der Waals surface area contributed by atoms with E-state index in [0.29, 0.717) is 25.5 Å². The quantitative estimate of drug-likeness (QED) is 0.165. The summed E-state index contributed by atoms with van der Waals surface area (Å²) in [7, 11) is 0. The first-order valence-electron chi connectivity index (χ1n) is 16.4. The zero-order valence-electron chi connectivity index (χ0n) is 27.6. The maximum absolute atomic E-state index is 13.7. The first kappa shape index (κ1) is 34.2. The summed E-state index contributed by atoms with van der Waals surface area (Å²) in [4.78, 5) is 26.9. The van der Waals surface area contributed by atoms with Gasteiger partial charge < -0.3 is 20.7 Å². The van der Waals surface area contributed by atoms with Gasteiger partial charge >= 0.3 is 0 Å². The zero-order valence-corrected chi connectivity index (χ0v) is 27.6. The summed E-state index contributed by atoms with van der Waals surface area (Å²) in [5, 5.41) is 9.83. The number of nitrogens with one attached hydrogen (secondary N) is 3. The highest BCUT2D eigenvalue weighted by atomic mass is 16.5. The Morgan fingerprint density at radius 3 is 2.33 bits per heavy atom. The van der Waals surface area contributed by atoms with Crippen LogP contribution in [0.3, 0.4) is 0 Å². The van der Waals surface area contributed by atoms with E-state index < -0.39 is 12.1 Å². The summed E-state index contributed by atoms with van der Waals surface area (Å²) in [5.41, 5.74) is 6.34. The normalized spacial score (nSPS) is 14.7. The van der Waals surface area contributed by atoms with Crippen LogP contribution >= 0.6 is 0 Å². The lowest BCUT2D eigenvalue weighted by Crippen LogP contribution is -2.54. The Kier molecular flexibility index (Phi) is 13.6. The van der Waals surface area contributed by atoms with E-state index in [2.05, 4.69) is 87.8 Å². The summed E-state index contributed by atoms with van der Waals surface area (Å²) < 4.78 is 5.98. The van der Waals surface area contributed by atoms with Gasteiger partial charge in [0.2, 0.25) is 11.8 Å². The monoisotopic (exact) mass is 589 g/mol. The van der Waals surface area contributed by atoms with Crippen molar-refractivity contribution in [2.45, 2.75) is 105 Å². The number of para-hydroxylation sites is 1. The molecule has 0 aliphatic heterocycles. The van der Waals surface area contributed by atoms with Crippen LogP contribution < -0.4 is 20.7 Å². The van der Waals surface area contributed by atoms with Crippen LogP contribution in [0.2, 0.25) is 0 Å². The average molecular weight is 590 g/mol. The molecule has 0 heterocycles. The number of aryl methyl sites for hydroxylation is 2. The van der Waals surface area contributed by atoms with Gasteiger partial charge in [0.1, 0.15) is 17.8 Å². The molecular weight excluding hydrogens is 534 g/mol. The lowest BCUT2D eigenvalue weighted by Gasteiger charge is -2.29. The van der Waals surface area contributed by atoms with Crippen LogP contribution in [0.5, 0.6) is 5.75 Å². The first-order valence-corrected chi connectivity index (χ1v) is 16.4. The molecule has 236 valence electrons. The highest BCUT2D eigenvalue weighted by Gasteiger charge is 2.31. The Balaban J connectivity index is 1.57. The van der Waals surface area contributed by atoms with Crippen LogP contribution in [-0.4, -0.2) is 37.0 Å². The van der Waals surface area contributed by atoms with Gasteiger partial charge in [0, 0.05) is 12.2 Å². The van der Waals surface area contributed by atoms with E-state index in [9.17, 15) is 9.59 Å². The summed E-state index contributed by atoms with van der Waals surface area (Å²) in [6.45, 7) is 16.0. The first-order chi connectivity index (χ1) is 20.6.